The fourth-order valence-corrected chi connectivity index (χ4v) is 3.17. The van der Waals surface area contributed by atoms with E-state index in [1.54, 1.807) is 0 Å². The molecule has 2 rings (SSSR count). The van der Waals surface area contributed by atoms with Gasteiger partial charge in [0.15, 0.2) is 0 Å². The largest absolute Gasteiger partial charge is 0.460 e. The van der Waals surface area contributed by atoms with Gasteiger partial charge in [0.05, 0.1) is 11.2 Å². The first kappa shape index (κ1) is 15.6. The van der Waals surface area contributed by atoms with Crippen LogP contribution in [0.2, 0.25) is 5.82 Å². The van der Waals surface area contributed by atoms with Gasteiger partial charge >= 0.3 is 7.12 Å². The van der Waals surface area contributed by atoms with Gasteiger partial charge in [-0.2, -0.15) is 0 Å². The van der Waals surface area contributed by atoms with E-state index in [2.05, 4.69) is 65.0 Å². The van der Waals surface area contributed by atoms with Crippen molar-refractivity contribution in [2.24, 2.45) is 0 Å². The van der Waals surface area contributed by atoms with E-state index in [-0.39, 0.29) is 18.3 Å². The molecule has 1 saturated heterocycles. The first-order chi connectivity index (χ1) is 9.27. The van der Waals surface area contributed by atoms with Gasteiger partial charge in [0, 0.05) is 6.42 Å². The molecule has 0 amide bonds. The highest BCUT2D eigenvalue weighted by molar-refractivity contribution is 6.46. The van der Waals surface area contributed by atoms with Crippen LogP contribution < -0.4 is 0 Å². The third-order valence-corrected chi connectivity index (χ3v) is 3.92. The molecule has 0 spiro atoms. The predicted octanol–water partition coefficient (Wildman–Crippen LogP) is 4.49. The molecule has 0 aliphatic carbocycles. The van der Waals surface area contributed by atoms with E-state index in [9.17, 15) is 0 Å². The van der Waals surface area contributed by atoms with Gasteiger partial charge in [0.25, 0.3) is 0 Å². The summed E-state index contributed by atoms with van der Waals surface area (Å²) in [5.41, 5.74) is 1.18. The topological polar surface area (TPSA) is 18.5 Å². The van der Waals surface area contributed by atoms with Gasteiger partial charge in [-0.25, -0.2) is 0 Å². The number of hydrogen-bond donors (Lipinski definition) is 0. The normalized spacial score (nSPS) is 22.6. The van der Waals surface area contributed by atoms with Crippen molar-refractivity contribution in [3.05, 3.63) is 35.9 Å². The van der Waals surface area contributed by atoms with Crippen LogP contribution in [0.3, 0.4) is 0 Å². The van der Waals surface area contributed by atoms with E-state index in [0.29, 0.717) is 5.82 Å². The Hall–Kier alpha value is -0.795. The summed E-state index contributed by atoms with van der Waals surface area (Å²) >= 11 is 0. The van der Waals surface area contributed by atoms with E-state index in [1.165, 1.54) is 5.56 Å². The Morgan fingerprint density at radius 1 is 1.05 bits per heavy atom. The molecule has 110 valence electrons. The molecule has 2 nitrogen and oxygen atoms in total. The lowest BCUT2D eigenvalue weighted by Gasteiger charge is -2.45. The average molecular weight is 274 g/mol. The molecule has 1 atom stereocenters. The Balaban J connectivity index is 1.93. The minimum absolute atomic E-state index is 0.0996. The molecule has 20 heavy (non-hydrogen) atoms. The molecule has 1 aliphatic heterocycles. The minimum Gasteiger partial charge on any atom is -0.406 e. The molecule has 0 saturated carbocycles. The highest BCUT2D eigenvalue weighted by Gasteiger charge is 2.44. The van der Waals surface area contributed by atoms with Crippen LogP contribution in [-0.2, 0) is 15.7 Å². The fourth-order valence-electron chi connectivity index (χ4n) is 3.17. The first-order valence-electron chi connectivity index (χ1n) is 7.67. The number of aryl methyl sites for hydroxylation is 1. The third-order valence-electron chi connectivity index (χ3n) is 3.92. The van der Waals surface area contributed by atoms with E-state index < -0.39 is 0 Å². The molecule has 0 aromatic heterocycles. The molecule has 0 radical (unpaired) electrons. The maximum atomic E-state index is 6.14. The van der Waals surface area contributed by atoms with E-state index in [4.69, 9.17) is 9.31 Å². The third kappa shape index (κ3) is 4.36. The zero-order valence-electron chi connectivity index (χ0n) is 13.5. The van der Waals surface area contributed by atoms with Crippen molar-refractivity contribution in [3.63, 3.8) is 0 Å². The van der Waals surface area contributed by atoms with Crippen LogP contribution in [-0.4, -0.2) is 18.3 Å². The standard InChI is InChI=1S/C17H27BO2/c1-14(11-12-15-9-7-6-8-10-15)18-19-16(2,3)13-17(4,5)20-18/h6-10,14H,11-13H2,1-5H3/t14-/m0/s1. The van der Waals surface area contributed by atoms with Crippen LogP contribution in [0, 0.1) is 0 Å². The summed E-state index contributed by atoms with van der Waals surface area (Å²) in [7, 11) is -0.0996. The van der Waals surface area contributed by atoms with E-state index >= 15 is 0 Å². The van der Waals surface area contributed by atoms with Crippen LogP contribution in [0.4, 0.5) is 0 Å². The Bertz CT molecular complexity index is 412. The Morgan fingerprint density at radius 3 is 2.15 bits per heavy atom. The maximum Gasteiger partial charge on any atom is 0.460 e. The van der Waals surface area contributed by atoms with Crippen LogP contribution in [0.25, 0.3) is 0 Å². The van der Waals surface area contributed by atoms with Crippen molar-refractivity contribution in [1.29, 1.82) is 0 Å². The molecular weight excluding hydrogens is 247 g/mol. The highest BCUT2D eigenvalue weighted by atomic mass is 16.6. The molecule has 1 fully saturated rings. The zero-order chi connectivity index (χ0) is 14.8. The second-order valence-electron chi connectivity index (χ2n) is 7.30. The quantitative estimate of drug-likeness (QED) is 0.753. The lowest BCUT2D eigenvalue weighted by molar-refractivity contribution is -0.0797. The average Bonchev–Trinajstić information content (AvgIpc) is 2.33. The lowest BCUT2D eigenvalue weighted by Crippen LogP contribution is -2.52. The van der Waals surface area contributed by atoms with Crippen LogP contribution in [0.15, 0.2) is 30.3 Å². The summed E-state index contributed by atoms with van der Waals surface area (Å²) < 4.78 is 12.3. The summed E-state index contributed by atoms with van der Waals surface area (Å²) in [6.45, 7) is 10.9. The first-order valence-corrected chi connectivity index (χ1v) is 7.67. The molecule has 0 N–H and O–H groups in total. The summed E-state index contributed by atoms with van der Waals surface area (Å²) in [6, 6.07) is 10.6. The van der Waals surface area contributed by atoms with Crippen molar-refractivity contribution in [2.75, 3.05) is 0 Å². The molecule has 1 aromatic carbocycles. The van der Waals surface area contributed by atoms with Crippen molar-refractivity contribution in [3.8, 4) is 0 Å². The Kier molecular flexibility index (Phi) is 4.60. The summed E-state index contributed by atoms with van der Waals surface area (Å²) in [6.07, 6.45) is 3.09. The van der Waals surface area contributed by atoms with Crippen LogP contribution >= 0.6 is 0 Å². The number of rotatable bonds is 4. The van der Waals surface area contributed by atoms with E-state index in [0.717, 1.165) is 19.3 Å². The van der Waals surface area contributed by atoms with Crippen LogP contribution in [0.5, 0.6) is 0 Å². The summed E-state index contributed by atoms with van der Waals surface area (Å²) in [4.78, 5) is 0. The molecular formula is C17H27BO2. The fraction of sp³-hybridized carbons (Fsp3) is 0.647. The van der Waals surface area contributed by atoms with E-state index in [1.807, 2.05) is 0 Å². The van der Waals surface area contributed by atoms with Gasteiger partial charge in [-0.1, -0.05) is 37.3 Å². The van der Waals surface area contributed by atoms with Gasteiger partial charge in [-0.05, 0) is 51.9 Å². The van der Waals surface area contributed by atoms with Gasteiger partial charge in [-0.15, -0.1) is 0 Å². The van der Waals surface area contributed by atoms with Crippen molar-refractivity contribution >= 4 is 7.12 Å². The molecule has 1 aliphatic rings. The lowest BCUT2D eigenvalue weighted by atomic mass is 9.66. The number of benzene rings is 1. The second kappa shape index (κ2) is 5.91. The highest BCUT2D eigenvalue weighted by Crippen LogP contribution is 2.37. The van der Waals surface area contributed by atoms with Crippen molar-refractivity contribution in [2.45, 2.75) is 70.9 Å². The zero-order valence-corrected chi connectivity index (χ0v) is 13.5. The van der Waals surface area contributed by atoms with Crippen molar-refractivity contribution in [1.82, 2.24) is 0 Å². The van der Waals surface area contributed by atoms with Crippen LogP contribution in [0.1, 0.15) is 53.0 Å². The second-order valence-corrected chi connectivity index (χ2v) is 7.30. The molecule has 1 aromatic rings. The predicted molar refractivity (Wildman–Crippen MR) is 84.9 cm³/mol. The SMILES string of the molecule is C[C@@H](CCc1ccccc1)B1OC(C)(C)CC(C)(C)O1. The van der Waals surface area contributed by atoms with Gasteiger partial charge < -0.3 is 9.31 Å². The summed E-state index contributed by atoms with van der Waals surface area (Å²) in [5, 5.41) is 0. The molecule has 0 bridgehead atoms. The molecule has 3 heteroatoms. The Labute approximate surface area is 124 Å². The smallest absolute Gasteiger partial charge is 0.406 e. The summed E-state index contributed by atoms with van der Waals surface area (Å²) in [5.74, 6) is 0.397. The molecule has 0 unspecified atom stereocenters. The monoisotopic (exact) mass is 274 g/mol. The number of hydrogen-bond acceptors (Lipinski definition) is 2. The van der Waals surface area contributed by atoms with Crippen molar-refractivity contribution < 1.29 is 9.31 Å². The van der Waals surface area contributed by atoms with Gasteiger partial charge in [-0.3, -0.25) is 0 Å². The van der Waals surface area contributed by atoms with Gasteiger partial charge in [0.1, 0.15) is 0 Å². The maximum absolute atomic E-state index is 6.14. The Morgan fingerprint density at radius 2 is 1.60 bits per heavy atom. The minimum atomic E-state index is -0.104. The molecule has 1 heterocycles. The van der Waals surface area contributed by atoms with Gasteiger partial charge in [0.2, 0.25) is 0 Å².